The van der Waals surface area contributed by atoms with Gasteiger partial charge < -0.3 is 14.5 Å². The van der Waals surface area contributed by atoms with Crippen LogP contribution in [0.1, 0.15) is 35.1 Å². The molecule has 1 fully saturated rings. The topological polar surface area (TPSA) is 58.6 Å². The number of aromatic nitrogens is 2. The number of pyridine rings is 1. The summed E-state index contributed by atoms with van der Waals surface area (Å²) in [5.74, 6) is 2.03. The van der Waals surface area contributed by atoms with E-state index in [1.54, 1.807) is 18.8 Å². The number of ether oxygens (including phenoxy) is 1. The number of hydrogen-bond donors (Lipinski definition) is 0. The summed E-state index contributed by atoms with van der Waals surface area (Å²) in [6, 6.07) is 3.86. The van der Waals surface area contributed by atoms with Crippen molar-refractivity contribution in [1.82, 2.24) is 14.9 Å². The molecule has 2 aromatic heterocycles. The molecular weight excluding hydrogens is 324 g/mol. The Morgan fingerprint density at radius 1 is 1.21 bits per heavy atom. The van der Waals surface area contributed by atoms with Crippen molar-refractivity contribution in [2.45, 2.75) is 19.8 Å². The van der Waals surface area contributed by atoms with Gasteiger partial charge in [0.2, 0.25) is 0 Å². The van der Waals surface area contributed by atoms with Gasteiger partial charge >= 0.3 is 0 Å². The normalized spacial score (nSPS) is 15.0. The van der Waals surface area contributed by atoms with Crippen molar-refractivity contribution in [3.63, 3.8) is 0 Å². The second kappa shape index (κ2) is 7.17. The molecule has 0 atom stereocenters. The van der Waals surface area contributed by atoms with E-state index in [9.17, 15) is 4.79 Å². The lowest BCUT2D eigenvalue weighted by atomic mass is 10.1. The van der Waals surface area contributed by atoms with Gasteiger partial charge in [-0.05, 0) is 18.1 Å². The Morgan fingerprint density at radius 3 is 2.54 bits per heavy atom. The van der Waals surface area contributed by atoms with Gasteiger partial charge in [0.25, 0.3) is 5.91 Å². The molecule has 2 aromatic rings. The van der Waals surface area contributed by atoms with Gasteiger partial charge in [-0.2, -0.15) is 0 Å². The van der Waals surface area contributed by atoms with E-state index in [0.717, 1.165) is 35.2 Å². The number of methoxy groups -OCH3 is 1. The van der Waals surface area contributed by atoms with Crippen molar-refractivity contribution in [3.05, 3.63) is 34.4 Å². The van der Waals surface area contributed by atoms with Crippen molar-refractivity contribution >= 4 is 23.1 Å². The maximum absolute atomic E-state index is 12.8. The molecular formula is C17H22N4O2S. The number of amides is 1. The number of thiazole rings is 1. The Balaban J connectivity index is 1.64. The Bertz CT molecular complexity index is 691. The van der Waals surface area contributed by atoms with E-state index < -0.39 is 0 Å². The molecule has 0 radical (unpaired) electrons. The molecule has 0 aliphatic carbocycles. The van der Waals surface area contributed by atoms with Crippen molar-refractivity contribution in [2.75, 3.05) is 38.2 Å². The third-order valence-electron chi connectivity index (χ3n) is 4.18. The minimum Gasteiger partial charge on any atom is -0.495 e. The van der Waals surface area contributed by atoms with Crippen LogP contribution in [0.5, 0.6) is 5.75 Å². The number of nitrogens with zero attached hydrogens (tertiary/aromatic N) is 4. The van der Waals surface area contributed by atoms with Gasteiger partial charge in [0.1, 0.15) is 16.4 Å². The maximum atomic E-state index is 12.8. The molecule has 3 heterocycles. The average molecular weight is 346 g/mol. The van der Waals surface area contributed by atoms with E-state index in [4.69, 9.17) is 4.74 Å². The largest absolute Gasteiger partial charge is 0.495 e. The summed E-state index contributed by atoms with van der Waals surface area (Å²) >= 11 is 1.44. The smallest absolute Gasteiger partial charge is 0.265 e. The molecule has 24 heavy (non-hydrogen) atoms. The molecule has 1 saturated heterocycles. The second-order valence-electron chi connectivity index (χ2n) is 6.06. The van der Waals surface area contributed by atoms with Gasteiger partial charge in [0, 0.05) is 26.2 Å². The first-order valence-electron chi connectivity index (χ1n) is 8.07. The average Bonchev–Trinajstić information content (AvgIpc) is 3.11. The van der Waals surface area contributed by atoms with Gasteiger partial charge in [-0.1, -0.05) is 13.8 Å². The Labute approximate surface area is 146 Å². The van der Waals surface area contributed by atoms with Crippen molar-refractivity contribution in [3.8, 4) is 5.75 Å². The van der Waals surface area contributed by atoms with E-state index in [1.807, 2.05) is 17.0 Å². The van der Waals surface area contributed by atoms with Crippen LogP contribution in [0.25, 0.3) is 0 Å². The number of carbonyl (C=O) groups is 1. The summed E-state index contributed by atoms with van der Waals surface area (Å²) in [7, 11) is 1.63. The molecule has 3 rings (SSSR count). The molecule has 0 spiro atoms. The Morgan fingerprint density at radius 2 is 1.96 bits per heavy atom. The third-order valence-corrected chi connectivity index (χ3v) is 5.01. The van der Waals surface area contributed by atoms with Crippen molar-refractivity contribution < 1.29 is 9.53 Å². The van der Waals surface area contributed by atoms with Crippen LogP contribution in [0.3, 0.4) is 0 Å². The molecule has 7 heteroatoms. The summed E-state index contributed by atoms with van der Waals surface area (Å²) in [6.45, 7) is 7.09. The maximum Gasteiger partial charge on any atom is 0.265 e. The summed E-state index contributed by atoms with van der Waals surface area (Å²) in [4.78, 5) is 26.4. The molecule has 1 amide bonds. The van der Waals surface area contributed by atoms with Crippen LogP contribution < -0.4 is 9.64 Å². The van der Waals surface area contributed by atoms with Crippen molar-refractivity contribution in [1.29, 1.82) is 0 Å². The lowest BCUT2D eigenvalue weighted by Crippen LogP contribution is -2.49. The van der Waals surface area contributed by atoms with Crippen LogP contribution in [-0.2, 0) is 0 Å². The van der Waals surface area contributed by atoms with E-state index in [-0.39, 0.29) is 11.8 Å². The molecule has 1 aliphatic rings. The van der Waals surface area contributed by atoms with Gasteiger partial charge in [0.15, 0.2) is 0 Å². The Hall–Kier alpha value is -2.15. The quantitative estimate of drug-likeness (QED) is 0.852. The number of piperazine rings is 1. The molecule has 1 aliphatic heterocycles. The monoisotopic (exact) mass is 346 g/mol. The fourth-order valence-electron chi connectivity index (χ4n) is 2.79. The van der Waals surface area contributed by atoms with Crippen LogP contribution in [0.4, 0.5) is 5.82 Å². The highest BCUT2D eigenvalue weighted by Crippen LogP contribution is 2.24. The van der Waals surface area contributed by atoms with Crippen LogP contribution in [0, 0.1) is 0 Å². The zero-order valence-electron chi connectivity index (χ0n) is 14.2. The summed E-state index contributed by atoms with van der Waals surface area (Å²) in [5.41, 5.74) is 2.67. The van der Waals surface area contributed by atoms with Crippen LogP contribution in [-0.4, -0.2) is 54.1 Å². The number of carbonyl (C=O) groups excluding carboxylic acids is 1. The first-order chi connectivity index (χ1) is 11.6. The molecule has 0 saturated carbocycles. The zero-order valence-corrected chi connectivity index (χ0v) is 15.0. The standard InChI is InChI=1S/C17H22N4O2S/c1-12(2)15-16(24-11-19-15)17(22)21-8-6-20(7-9-21)14-5-4-13(23-3)10-18-14/h4-5,10-12H,6-9H2,1-3H3. The summed E-state index contributed by atoms with van der Waals surface area (Å²) in [5, 5.41) is 0. The predicted octanol–water partition coefficient (Wildman–Crippen LogP) is 2.63. The minimum absolute atomic E-state index is 0.101. The van der Waals surface area contributed by atoms with E-state index in [1.165, 1.54) is 11.3 Å². The molecule has 6 nitrogen and oxygen atoms in total. The van der Waals surface area contributed by atoms with E-state index in [2.05, 4.69) is 28.7 Å². The van der Waals surface area contributed by atoms with Crippen LogP contribution in [0.2, 0.25) is 0 Å². The molecule has 0 N–H and O–H groups in total. The van der Waals surface area contributed by atoms with Gasteiger partial charge in [-0.25, -0.2) is 9.97 Å². The summed E-state index contributed by atoms with van der Waals surface area (Å²) in [6.07, 6.45) is 1.72. The molecule has 0 aromatic carbocycles. The number of hydrogen-bond acceptors (Lipinski definition) is 6. The molecule has 0 bridgehead atoms. The number of rotatable bonds is 4. The van der Waals surface area contributed by atoms with Crippen molar-refractivity contribution in [2.24, 2.45) is 0 Å². The first kappa shape index (κ1) is 16.7. The van der Waals surface area contributed by atoms with Gasteiger partial charge in [-0.15, -0.1) is 11.3 Å². The van der Waals surface area contributed by atoms with Crippen LogP contribution in [0.15, 0.2) is 23.8 Å². The first-order valence-corrected chi connectivity index (χ1v) is 8.95. The fraction of sp³-hybridized carbons (Fsp3) is 0.471. The predicted molar refractivity (Wildman–Crippen MR) is 95.1 cm³/mol. The second-order valence-corrected chi connectivity index (χ2v) is 6.91. The fourth-order valence-corrected chi connectivity index (χ4v) is 3.70. The zero-order chi connectivity index (χ0) is 17.1. The molecule has 0 unspecified atom stereocenters. The highest BCUT2D eigenvalue weighted by molar-refractivity contribution is 7.11. The number of anilines is 1. The van der Waals surface area contributed by atoms with E-state index >= 15 is 0 Å². The lowest BCUT2D eigenvalue weighted by Gasteiger charge is -2.35. The van der Waals surface area contributed by atoms with E-state index in [0.29, 0.717) is 13.1 Å². The van der Waals surface area contributed by atoms with Gasteiger partial charge in [0.05, 0.1) is 24.5 Å². The SMILES string of the molecule is COc1ccc(N2CCN(C(=O)c3scnc3C(C)C)CC2)nc1. The van der Waals surface area contributed by atoms with Crippen LogP contribution >= 0.6 is 11.3 Å². The lowest BCUT2D eigenvalue weighted by molar-refractivity contribution is 0.0749. The highest BCUT2D eigenvalue weighted by Gasteiger charge is 2.26. The van der Waals surface area contributed by atoms with Gasteiger partial charge in [-0.3, -0.25) is 4.79 Å². The highest BCUT2D eigenvalue weighted by atomic mass is 32.1. The third kappa shape index (κ3) is 3.36. The Kier molecular flexibility index (Phi) is 4.99. The summed E-state index contributed by atoms with van der Waals surface area (Å²) < 4.78 is 5.14. The molecule has 128 valence electrons. The minimum atomic E-state index is 0.101.